The number of para-hydroxylation sites is 1. The van der Waals surface area contributed by atoms with Crippen LogP contribution in [0.15, 0.2) is 41.1 Å². The lowest BCUT2D eigenvalue weighted by molar-refractivity contribution is 0.593. The number of rotatable bonds is 5. The topological polar surface area (TPSA) is 24.1 Å². The van der Waals surface area contributed by atoms with Gasteiger partial charge in [-0.1, -0.05) is 18.2 Å². The van der Waals surface area contributed by atoms with Crippen LogP contribution in [0.1, 0.15) is 23.5 Å². The van der Waals surface area contributed by atoms with E-state index in [1.165, 1.54) is 23.2 Å². The van der Waals surface area contributed by atoms with E-state index in [1.54, 1.807) is 11.3 Å². The van der Waals surface area contributed by atoms with Gasteiger partial charge in [-0.3, -0.25) is 0 Å². The van der Waals surface area contributed by atoms with E-state index in [0.717, 1.165) is 19.6 Å². The Balaban J connectivity index is 1.47. The first kappa shape index (κ1) is 11.8. The molecule has 1 aromatic heterocycles. The molecule has 2 N–H and O–H groups in total. The molecule has 0 aliphatic carbocycles. The summed E-state index contributed by atoms with van der Waals surface area (Å²) in [6.07, 6.45) is 1.20. The summed E-state index contributed by atoms with van der Waals surface area (Å²) >= 11 is 1.76. The largest absolute Gasteiger partial charge is 0.384 e. The smallest absolute Gasteiger partial charge is 0.0376 e. The van der Waals surface area contributed by atoms with Crippen molar-refractivity contribution in [3.63, 3.8) is 0 Å². The molecule has 2 aromatic rings. The normalized spacial score (nSPS) is 17.4. The maximum absolute atomic E-state index is 3.52. The van der Waals surface area contributed by atoms with Gasteiger partial charge in [-0.15, -0.1) is 0 Å². The predicted octanol–water partition coefficient (Wildman–Crippen LogP) is 3.44. The molecular formula is C15H18N2S. The zero-order valence-corrected chi connectivity index (χ0v) is 11.2. The molecule has 0 spiro atoms. The Labute approximate surface area is 112 Å². The SMILES string of the molecule is c1ccc2c(c1)NCC2CCNCc1ccsc1. The van der Waals surface area contributed by atoms with Gasteiger partial charge in [-0.25, -0.2) is 0 Å². The van der Waals surface area contributed by atoms with Gasteiger partial charge < -0.3 is 10.6 Å². The standard InChI is InChI=1S/C15H18N2S/c1-2-4-15-14(3-1)13(10-17-15)5-7-16-9-12-6-8-18-11-12/h1-4,6,8,11,13,16-17H,5,7,9-10H2. The van der Waals surface area contributed by atoms with Crippen LogP contribution in [-0.2, 0) is 6.54 Å². The van der Waals surface area contributed by atoms with Crippen LogP contribution < -0.4 is 10.6 Å². The Bertz CT molecular complexity index is 493. The summed E-state index contributed by atoms with van der Waals surface area (Å²) in [5.74, 6) is 0.663. The van der Waals surface area contributed by atoms with Crippen LogP contribution >= 0.6 is 11.3 Å². The number of benzene rings is 1. The molecule has 0 amide bonds. The highest BCUT2D eigenvalue weighted by atomic mass is 32.1. The highest BCUT2D eigenvalue weighted by Crippen LogP contribution is 2.32. The molecule has 0 bridgehead atoms. The monoisotopic (exact) mass is 258 g/mol. The molecule has 0 radical (unpaired) electrons. The van der Waals surface area contributed by atoms with Crippen LogP contribution in [0.4, 0.5) is 5.69 Å². The second-order valence-corrected chi connectivity index (χ2v) is 5.54. The highest BCUT2D eigenvalue weighted by molar-refractivity contribution is 7.07. The molecule has 1 aliphatic heterocycles. The summed E-state index contributed by atoms with van der Waals surface area (Å²) in [6.45, 7) is 3.15. The number of nitrogens with one attached hydrogen (secondary N) is 2. The molecule has 0 fully saturated rings. The van der Waals surface area contributed by atoms with E-state index < -0.39 is 0 Å². The molecule has 18 heavy (non-hydrogen) atoms. The van der Waals surface area contributed by atoms with Crippen LogP contribution in [0.25, 0.3) is 0 Å². The number of hydrogen-bond acceptors (Lipinski definition) is 3. The van der Waals surface area contributed by atoms with Gasteiger partial charge in [0.25, 0.3) is 0 Å². The zero-order valence-electron chi connectivity index (χ0n) is 10.4. The van der Waals surface area contributed by atoms with Crippen molar-refractivity contribution in [2.75, 3.05) is 18.4 Å². The Morgan fingerprint density at radius 2 is 2.22 bits per heavy atom. The minimum Gasteiger partial charge on any atom is -0.384 e. The Morgan fingerprint density at radius 3 is 3.11 bits per heavy atom. The first-order chi connectivity index (χ1) is 8.93. The summed E-state index contributed by atoms with van der Waals surface area (Å²) in [5.41, 5.74) is 4.19. The fourth-order valence-corrected chi connectivity index (χ4v) is 3.19. The summed E-state index contributed by atoms with van der Waals surface area (Å²) < 4.78 is 0. The van der Waals surface area contributed by atoms with Crippen molar-refractivity contribution in [3.05, 3.63) is 52.2 Å². The minimum absolute atomic E-state index is 0.663. The summed E-state index contributed by atoms with van der Waals surface area (Å²) in [6, 6.07) is 10.8. The van der Waals surface area contributed by atoms with Gasteiger partial charge in [0.05, 0.1) is 0 Å². The minimum atomic E-state index is 0.663. The van der Waals surface area contributed by atoms with Gasteiger partial charge in [0.15, 0.2) is 0 Å². The van der Waals surface area contributed by atoms with Gasteiger partial charge in [0.1, 0.15) is 0 Å². The molecule has 2 heterocycles. The molecule has 0 saturated carbocycles. The van der Waals surface area contributed by atoms with Gasteiger partial charge in [0.2, 0.25) is 0 Å². The summed E-state index contributed by atoms with van der Waals surface area (Å²) in [5, 5.41) is 11.3. The first-order valence-electron chi connectivity index (χ1n) is 6.48. The lowest BCUT2D eigenvalue weighted by Gasteiger charge is -2.10. The van der Waals surface area contributed by atoms with E-state index in [9.17, 15) is 0 Å². The van der Waals surface area contributed by atoms with Crippen LogP contribution in [0.3, 0.4) is 0 Å². The molecule has 94 valence electrons. The second kappa shape index (κ2) is 5.55. The van der Waals surface area contributed by atoms with Crippen LogP contribution in [-0.4, -0.2) is 13.1 Å². The van der Waals surface area contributed by atoms with Crippen molar-refractivity contribution in [2.45, 2.75) is 18.9 Å². The van der Waals surface area contributed by atoms with Gasteiger partial charge in [-0.05, 0) is 47.0 Å². The molecule has 0 saturated heterocycles. The third kappa shape index (κ3) is 2.57. The van der Waals surface area contributed by atoms with Crippen LogP contribution in [0.5, 0.6) is 0 Å². The zero-order chi connectivity index (χ0) is 12.2. The fraction of sp³-hybridized carbons (Fsp3) is 0.333. The lowest BCUT2D eigenvalue weighted by atomic mass is 9.98. The lowest BCUT2D eigenvalue weighted by Crippen LogP contribution is -2.17. The summed E-state index contributed by atoms with van der Waals surface area (Å²) in [7, 11) is 0. The second-order valence-electron chi connectivity index (χ2n) is 4.76. The fourth-order valence-electron chi connectivity index (χ4n) is 2.52. The molecule has 3 heteroatoms. The predicted molar refractivity (Wildman–Crippen MR) is 78.3 cm³/mol. The molecule has 1 unspecified atom stereocenters. The van der Waals surface area contributed by atoms with Crippen LogP contribution in [0, 0.1) is 0 Å². The van der Waals surface area contributed by atoms with Crippen molar-refractivity contribution in [1.29, 1.82) is 0 Å². The average molecular weight is 258 g/mol. The van der Waals surface area contributed by atoms with Gasteiger partial charge in [0, 0.05) is 24.7 Å². The summed E-state index contributed by atoms with van der Waals surface area (Å²) in [4.78, 5) is 0. The number of hydrogen-bond donors (Lipinski definition) is 2. The number of fused-ring (bicyclic) bond motifs is 1. The molecule has 1 aromatic carbocycles. The molecule has 2 nitrogen and oxygen atoms in total. The Morgan fingerprint density at radius 1 is 1.28 bits per heavy atom. The first-order valence-corrected chi connectivity index (χ1v) is 7.42. The average Bonchev–Trinajstić information content (AvgIpc) is 3.04. The molecule has 3 rings (SSSR count). The van der Waals surface area contributed by atoms with Crippen molar-refractivity contribution < 1.29 is 0 Å². The van der Waals surface area contributed by atoms with Crippen LogP contribution in [0.2, 0.25) is 0 Å². The van der Waals surface area contributed by atoms with Gasteiger partial charge in [-0.2, -0.15) is 11.3 Å². The Hall–Kier alpha value is -1.32. The number of anilines is 1. The van der Waals surface area contributed by atoms with Crippen molar-refractivity contribution in [3.8, 4) is 0 Å². The molecule has 1 aliphatic rings. The molecule has 1 atom stereocenters. The van der Waals surface area contributed by atoms with E-state index in [0.29, 0.717) is 5.92 Å². The van der Waals surface area contributed by atoms with Crippen molar-refractivity contribution >= 4 is 17.0 Å². The van der Waals surface area contributed by atoms with E-state index in [1.807, 2.05) is 0 Å². The quantitative estimate of drug-likeness (QED) is 0.803. The maximum atomic E-state index is 3.52. The number of thiophene rings is 1. The van der Waals surface area contributed by atoms with E-state index in [4.69, 9.17) is 0 Å². The highest BCUT2D eigenvalue weighted by Gasteiger charge is 2.20. The van der Waals surface area contributed by atoms with Crippen molar-refractivity contribution in [1.82, 2.24) is 5.32 Å². The molecular weight excluding hydrogens is 240 g/mol. The van der Waals surface area contributed by atoms with E-state index >= 15 is 0 Å². The third-order valence-electron chi connectivity index (χ3n) is 3.52. The van der Waals surface area contributed by atoms with E-state index in [2.05, 4.69) is 51.7 Å². The third-order valence-corrected chi connectivity index (χ3v) is 4.25. The maximum Gasteiger partial charge on any atom is 0.0376 e. The van der Waals surface area contributed by atoms with Crippen molar-refractivity contribution in [2.24, 2.45) is 0 Å². The Kier molecular flexibility index (Phi) is 3.62. The van der Waals surface area contributed by atoms with Gasteiger partial charge >= 0.3 is 0 Å². The van der Waals surface area contributed by atoms with E-state index in [-0.39, 0.29) is 0 Å².